The largest absolute Gasteiger partial charge is 0.370 e. The first-order chi connectivity index (χ1) is 9.54. The van der Waals surface area contributed by atoms with Gasteiger partial charge in [0.15, 0.2) is 0 Å². The molecule has 4 N–H and O–H groups in total. The van der Waals surface area contributed by atoms with Crippen LogP contribution >= 0.6 is 0 Å². The highest BCUT2D eigenvalue weighted by atomic mass is 16.1. The summed E-state index contributed by atoms with van der Waals surface area (Å²) in [5.74, 6) is 2.24. The zero-order chi connectivity index (χ0) is 15.0. The minimum Gasteiger partial charge on any atom is -0.370 e. The molecule has 1 aromatic rings. The number of hydrogen-bond acceptors (Lipinski definition) is 5. The Morgan fingerprint density at radius 2 is 1.70 bits per heavy atom. The summed E-state index contributed by atoms with van der Waals surface area (Å²) < 4.78 is 0. The number of anilines is 2. The molecule has 0 radical (unpaired) electrons. The number of carbonyl (C=O) groups is 1. The van der Waals surface area contributed by atoms with E-state index in [-0.39, 0.29) is 5.91 Å². The van der Waals surface area contributed by atoms with E-state index < -0.39 is 0 Å². The second-order valence-corrected chi connectivity index (χ2v) is 4.87. The van der Waals surface area contributed by atoms with Gasteiger partial charge >= 0.3 is 0 Å². The van der Waals surface area contributed by atoms with Crippen LogP contribution in [-0.4, -0.2) is 29.0 Å². The lowest BCUT2D eigenvalue weighted by Crippen LogP contribution is -2.13. The number of amides is 1. The lowest BCUT2D eigenvalue weighted by molar-refractivity contribution is -0.118. The second-order valence-electron chi connectivity index (χ2n) is 4.87. The Bertz CT molecular complexity index is 447. The first-order valence-electron chi connectivity index (χ1n) is 7.15. The Morgan fingerprint density at radius 3 is 2.25 bits per heavy atom. The summed E-state index contributed by atoms with van der Waals surface area (Å²) in [4.78, 5) is 19.5. The van der Waals surface area contributed by atoms with E-state index >= 15 is 0 Å². The molecule has 0 aromatic carbocycles. The molecule has 0 atom stereocenters. The Kier molecular flexibility index (Phi) is 6.76. The number of aryl methyl sites for hydroxylation is 1. The van der Waals surface area contributed by atoms with E-state index in [0.29, 0.717) is 6.42 Å². The third-order valence-corrected chi connectivity index (χ3v) is 2.94. The maximum absolute atomic E-state index is 10.6. The molecule has 6 nitrogen and oxygen atoms in total. The Labute approximate surface area is 120 Å². The molecule has 1 aromatic heterocycles. The molecule has 0 spiro atoms. The molecule has 0 bridgehead atoms. The standard InChI is InChI=1S/C14H25N5O/c1-4-8-16-13-10(2)14(19-11(3)18-13)17-9-6-5-7-12(15)20/h4-9H2,1-3H3,(H2,15,20)(H2,16,17,18,19). The maximum atomic E-state index is 10.6. The minimum absolute atomic E-state index is 0.245. The van der Waals surface area contributed by atoms with E-state index in [9.17, 15) is 4.79 Å². The van der Waals surface area contributed by atoms with Crippen LogP contribution in [0.15, 0.2) is 0 Å². The second kappa shape index (κ2) is 8.35. The highest BCUT2D eigenvalue weighted by Gasteiger charge is 2.08. The van der Waals surface area contributed by atoms with E-state index in [1.165, 1.54) is 0 Å². The fourth-order valence-corrected chi connectivity index (χ4v) is 1.85. The van der Waals surface area contributed by atoms with Crippen molar-refractivity contribution in [3.8, 4) is 0 Å². The highest BCUT2D eigenvalue weighted by Crippen LogP contribution is 2.19. The van der Waals surface area contributed by atoms with Crippen LogP contribution in [0.4, 0.5) is 11.6 Å². The van der Waals surface area contributed by atoms with Gasteiger partial charge in [0.25, 0.3) is 0 Å². The summed E-state index contributed by atoms with van der Waals surface area (Å²) >= 11 is 0. The molecule has 0 aliphatic rings. The molecule has 112 valence electrons. The quantitative estimate of drug-likeness (QED) is 0.601. The summed E-state index contributed by atoms with van der Waals surface area (Å²) in [5, 5.41) is 6.61. The molecule has 0 unspecified atom stereocenters. The normalized spacial score (nSPS) is 10.3. The third kappa shape index (κ3) is 5.42. The van der Waals surface area contributed by atoms with Crippen LogP contribution in [0.2, 0.25) is 0 Å². The smallest absolute Gasteiger partial charge is 0.217 e. The van der Waals surface area contributed by atoms with E-state index in [1.807, 2.05) is 13.8 Å². The van der Waals surface area contributed by atoms with Crippen LogP contribution in [0.1, 0.15) is 44.0 Å². The molecule has 0 saturated carbocycles. The van der Waals surface area contributed by atoms with E-state index in [2.05, 4.69) is 27.5 Å². The molecular formula is C14H25N5O. The van der Waals surface area contributed by atoms with Gasteiger partial charge in [-0.15, -0.1) is 0 Å². The van der Waals surface area contributed by atoms with Crippen molar-refractivity contribution in [1.29, 1.82) is 0 Å². The van der Waals surface area contributed by atoms with Gasteiger partial charge in [-0.05, 0) is 33.1 Å². The van der Waals surface area contributed by atoms with Gasteiger partial charge in [-0.2, -0.15) is 0 Å². The molecule has 6 heteroatoms. The summed E-state index contributed by atoms with van der Waals surface area (Å²) in [6, 6.07) is 0. The molecule has 20 heavy (non-hydrogen) atoms. The lowest BCUT2D eigenvalue weighted by Gasteiger charge is -2.13. The molecule has 1 amide bonds. The number of rotatable bonds is 9. The Morgan fingerprint density at radius 1 is 1.10 bits per heavy atom. The number of unbranched alkanes of at least 4 members (excludes halogenated alkanes) is 1. The van der Waals surface area contributed by atoms with Gasteiger partial charge < -0.3 is 16.4 Å². The van der Waals surface area contributed by atoms with E-state index in [1.54, 1.807) is 0 Å². The van der Waals surface area contributed by atoms with Gasteiger partial charge in [-0.3, -0.25) is 4.79 Å². The SMILES string of the molecule is CCCNc1nc(C)nc(NCCCCC(N)=O)c1C. The number of nitrogens with one attached hydrogen (secondary N) is 2. The predicted octanol–water partition coefficient (Wildman–Crippen LogP) is 1.98. The maximum Gasteiger partial charge on any atom is 0.217 e. The van der Waals surface area contributed by atoms with E-state index in [0.717, 1.165) is 55.4 Å². The molecule has 0 aliphatic carbocycles. The number of aromatic nitrogens is 2. The molecular weight excluding hydrogens is 254 g/mol. The number of carbonyl (C=O) groups excluding carboxylic acids is 1. The predicted molar refractivity (Wildman–Crippen MR) is 81.8 cm³/mol. The van der Waals surface area contributed by atoms with Gasteiger partial charge in [0.2, 0.25) is 5.91 Å². The average Bonchev–Trinajstić information content (AvgIpc) is 2.39. The van der Waals surface area contributed by atoms with E-state index in [4.69, 9.17) is 5.73 Å². The molecule has 1 rings (SSSR count). The third-order valence-electron chi connectivity index (χ3n) is 2.94. The van der Waals surface area contributed by atoms with Crippen molar-refractivity contribution < 1.29 is 4.79 Å². The first kappa shape index (κ1) is 16.2. The topological polar surface area (TPSA) is 92.9 Å². The summed E-state index contributed by atoms with van der Waals surface area (Å²) in [7, 11) is 0. The summed E-state index contributed by atoms with van der Waals surface area (Å²) in [6.45, 7) is 7.68. The number of primary amides is 1. The van der Waals surface area contributed by atoms with Crippen LogP contribution in [0.5, 0.6) is 0 Å². The van der Waals surface area contributed by atoms with Gasteiger partial charge in [0, 0.05) is 25.1 Å². The van der Waals surface area contributed by atoms with Crippen molar-refractivity contribution in [2.24, 2.45) is 5.73 Å². The molecule has 0 saturated heterocycles. The summed E-state index contributed by atoms with van der Waals surface area (Å²) in [6.07, 6.45) is 3.18. The summed E-state index contributed by atoms with van der Waals surface area (Å²) in [5.41, 5.74) is 6.13. The molecule has 1 heterocycles. The number of nitrogens with zero attached hydrogens (tertiary/aromatic N) is 2. The zero-order valence-corrected chi connectivity index (χ0v) is 12.6. The van der Waals surface area contributed by atoms with Crippen molar-refractivity contribution in [3.63, 3.8) is 0 Å². The van der Waals surface area contributed by atoms with Crippen LogP contribution < -0.4 is 16.4 Å². The van der Waals surface area contributed by atoms with Crippen molar-refractivity contribution in [1.82, 2.24) is 9.97 Å². The average molecular weight is 279 g/mol. The number of nitrogens with two attached hydrogens (primary N) is 1. The van der Waals surface area contributed by atoms with Gasteiger partial charge in [0.1, 0.15) is 17.5 Å². The zero-order valence-electron chi connectivity index (χ0n) is 12.6. The van der Waals surface area contributed by atoms with Crippen molar-refractivity contribution in [2.75, 3.05) is 23.7 Å². The fraction of sp³-hybridized carbons (Fsp3) is 0.643. The van der Waals surface area contributed by atoms with Crippen molar-refractivity contribution in [2.45, 2.75) is 46.5 Å². The monoisotopic (exact) mass is 279 g/mol. The van der Waals surface area contributed by atoms with Gasteiger partial charge in [-0.25, -0.2) is 9.97 Å². The molecule has 0 aliphatic heterocycles. The lowest BCUT2D eigenvalue weighted by atomic mass is 10.2. The van der Waals surface area contributed by atoms with Crippen molar-refractivity contribution in [3.05, 3.63) is 11.4 Å². The Balaban J connectivity index is 2.56. The molecule has 0 fully saturated rings. The first-order valence-corrected chi connectivity index (χ1v) is 7.15. The van der Waals surface area contributed by atoms with Crippen LogP contribution in [0.3, 0.4) is 0 Å². The van der Waals surface area contributed by atoms with Gasteiger partial charge in [0.05, 0.1) is 0 Å². The minimum atomic E-state index is -0.245. The van der Waals surface area contributed by atoms with Gasteiger partial charge in [-0.1, -0.05) is 6.92 Å². The van der Waals surface area contributed by atoms with Crippen molar-refractivity contribution >= 4 is 17.5 Å². The van der Waals surface area contributed by atoms with Crippen LogP contribution in [-0.2, 0) is 4.79 Å². The highest BCUT2D eigenvalue weighted by molar-refractivity contribution is 5.73. The number of hydrogen-bond donors (Lipinski definition) is 3. The van der Waals surface area contributed by atoms with Crippen LogP contribution in [0, 0.1) is 13.8 Å². The fourth-order valence-electron chi connectivity index (χ4n) is 1.85. The van der Waals surface area contributed by atoms with Crippen LogP contribution in [0.25, 0.3) is 0 Å². The Hall–Kier alpha value is -1.85.